The van der Waals surface area contributed by atoms with Crippen LogP contribution in [0.5, 0.6) is 17.2 Å². The van der Waals surface area contributed by atoms with Gasteiger partial charge in [-0.25, -0.2) is 0 Å². The summed E-state index contributed by atoms with van der Waals surface area (Å²) >= 11 is 0. The quantitative estimate of drug-likeness (QED) is 0.623. The van der Waals surface area contributed by atoms with Gasteiger partial charge in [0.15, 0.2) is 11.5 Å². The van der Waals surface area contributed by atoms with Gasteiger partial charge in [-0.2, -0.15) is 0 Å². The summed E-state index contributed by atoms with van der Waals surface area (Å²) < 4.78 is 16.2. The fourth-order valence-electron chi connectivity index (χ4n) is 2.54. The van der Waals surface area contributed by atoms with Crippen LogP contribution in [0.25, 0.3) is 6.08 Å². The number of hydrogen-bond donors (Lipinski definition) is 0. The Hall–Kier alpha value is -2.95. The van der Waals surface area contributed by atoms with Gasteiger partial charge in [0.05, 0.1) is 20.8 Å². The highest BCUT2D eigenvalue weighted by atomic mass is 16.5. The second kappa shape index (κ2) is 10.3. The predicted molar refractivity (Wildman–Crippen MR) is 107 cm³/mol. The normalized spacial score (nSPS) is 10.7. The van der Waals surface area contributed by atoms with E-state index in [1.165, 1.54) is 0 Å². The molecule has 2 aromatic rings. The van der Waals surface area contributed by atoms with E-state index in [0.717, 1.165) is 23.3 Å². The van der Waals surface area contributed by atoms with Gasteiger partial charge in [0.2, 0.25) is 5.91 Å². The minimum Gasteiger partial charge on any atom is -0.497 e. The predicted octanol–water partition coefficient (Wildman–Crippen LogP) is 4.16. The summed E-state index contributed by atoms with van der Waals surface area (Å²) in [7, 11) is 5.01. The van der Waals surface area contributed by atoms with Crippen LogP contribution in [0.4, 0.5) is 0 Å². The van der Waals surface area contributed by atoms with Crippen molar-refractivity contribution < 1.29 is 19.0 Å². The highest BCUT2D eigenvalue weighted by Gasteiger charge is 2.08. The van der Waals surface area contributed by atoms with Crippen molar-refractivity contribution in [2.24, 2.45) is 0 Å². The van der Waals surface area contributed by atoms with E-state index < -0.39 is 0 Å². The van der Waals surface area contributed by atoms with Crippen LogP contribution in [0.1, 0.15) is 24.5 Å². The fraction of sp³-hybridized carbons (Fsp3) is 0.318. The number of benzene rings is 2. The van der Waals surface area contributed by atoms with E-state index in [9.17, 15) is 4.79 Å². The largest absolute Gasteiger partial charge is 0.497 e. The molecule has 0 fully saturated rings. The Labute approximate surface area is 161 Å². The van der Waals surface area contributed by atoms with Gasteiger partial charge < -0.3 is 19.1 Å². The van der Waals surface area contributed by atoms with Crippen molar-refractivity contribution in [3.8, 4) is 17.2 Å². The number of carbonyl (C=O) groups is 1. The van der Waals surface area contributed by atoms with Crippen LogP contribution in [0, 0.1) is 0 Å². The van der Waals surface area contributed by atoms with E-state index in [2.05, 4.69) is 6.92 Å². The first-order chi connectivity index (χ1) is 13.1. The lowest BCUT2D eigenvalue weighted by Gasteiger charge is -2.15. The summed E-state index contributed by atoms with van der Waals surface area (Å²) in [5.41, 5.74) is 1.89. The second-order valence-electron chi connectivity index (χ2n) is 6.14. The van der Waals surface area contributed by atoms with Gasteiger partial charge >= 0.3 is 0 Å². The van der Waals surface area contributed by atoms with Crippen molar-refractivity contribution in [2.45, 2.75) is 19.9 Å². The maximum absolute atomic E-state index is 12.4. The Morgan fingerprint density at radius 3 is 2.59 bits per heavy atom. The van der Waals surface area contributed by atoms with E-state index in [1.807, 2.05) is 42.5 Å². The van der Waals surface area contributed by atoms with Crippen LogP contribution in [-0.2, 0) is 11.3 Å². The molecule has 0 spiro atoms. The van der Waals surface area contributed by atoms with Crippen molar-refractivity contribution in [3.05, 3.63) is 59.7 Å². The molecule has 2 aromatic carbocycles. The topological polar surface area (TPSA) is 48.0 Å². The van der Waals surface area contributed by atoms with Gasteiger partial charge in [-0.1, -0.05) is 25.1 Å². The Balaban J connectivity index is 2.02. The van der Waals surface area contributed by atoms with E-state index in [4.69, 9.17) is 14.2 Å². The zero-order valence-corrected chi connectivity index (χ0v) is 16.4. The van der Waals surface area contributed by atoms with Crippen molar-refractivity contribution in [1.82, 2.24) is 4.90 Å². The summed E-state index contributed by atoms with van der Waals surface area (Å²) in [5.74, 6) is 2.06. The summed E-state index contributed by atoms with van der Waals surface area (Å²) in [4.78, 5) is 14.0. The lowest BCUT2D eigenvalue weighted by atomic mass is 10.1. The molecule has 2 rings (SSSR count). The Morgan fingerprint density at radius 1 is 1.07 bits per heavy atom. The molecule has 27 heavy (non-hydrogen) atoms. The van der Waals surface area contributed by atoms with Gasteiger partial charge in [-0.15, -0.1) is 0 Å². The average molecular weight is 369 g/mol. The first-order valence-corrected chi connectivity index (χ1v) is 8.94. The molecule has 0 heterocycles. The minimum atomic E-state index is -0.0805. The van der Waals surface area contributed by atoms with Gasteiger partial charge in [-0.05, 0) is 47.9 Å². The maximum atomic E-state index is 12.4. The number of ether oxygens (including phenoxy) is 3. The molecule has 0 aliphatic heterocycles. The molecular formula is C22H27NO4. The van der Waals surface area contributed by atoms with Crippen molar-refractivity contribution in [2.75, 3.05) is 27.9 Å². The molecule has 0 saturated heterocycles. The van der Waals surface area contributed by atoms with E-state index in [0.29, 0.717) is 24.7 Å². The number of nitrogens with zero attached hydrogens (tertiary/aromatic N) is 1. The zero-order valence-electron chi connectivity index (χ0n) is 16.4. The number of rotatable bonds is 9. The minimum absolute atomic E-state index is 0.0805. The highest BCUT2D eigenvalue weighted by Crippen LogP contribution is 2.28. The first kappa shape index (κ1) is 20.4. The third kappa shape index (κ3) is 6.06. The summed E-state index contributed by atoms with van der Waals surface area (Å²) in [6.07, 6.45) is 4.26. The van der Waals surface area contributed by atoms with Crippen molar-refractivity contribution in [3.63, 3.8) is 0 Å². The van der Waals surface area contributed by atoms with Gasteiger partial charge in [0.25, 0.3) is 0 Å². The second-order valence-corrected chi connectivity index (χ2v) is 6.14. The SMILES string of the molecule is CCCOc1ccc(/C=C/C(=O)N(C)Cc2cccc(OC)c2)cc1OC. The van der Waals surface area contributed by atoms with Gasteiger partial charge in [-0.3, -0.25) is 4.79 Å². The third-order valence-electron chi connectivity index (χ3n) is 4.00. The number of methoxy groups -OCH3 is 2. The lowest BCUT2D eigenvalue weighted by Crippen LogP contribution is -2.24. The molecule has 0 saturated carbocycles. The molecule has 0 radical (unpaired) electrons. The van der Waals surface area contributed by atoms with Crippen LogP contribution in [0.3, 0.4) is 0 Å². The van der Waals surface area contributed by atoms with Gasteiger partial charge in [0, 0.05) is 19.7 Å². The maximum Gasteiger partial charge on any atom is 0.246 e. The molecule has 0 aromatic heterocycles. The molecule has 5 nitrogen and oxygen atoms in total. The monoisotopic (exact) mass is 369 g/mol. The first-order valence-electron chi connectivity index (χ1n) is 8.94. The van der Waals surface area contributed by atoms with Crippen molar-refractivity contribution in [1.29, 1.82) is 0 Å². The smallest absolute Gasteiger partial charge is 0.246 e. The molecule has 0 N–H and O–H groups in total. The molecule has 5 heteroatoms. The standard InChI is InChI=1S/C22H27NO4/c1-5-13-27-20-11-9-17(15-21(20)26-4)10-12-22(24)23(2)16-18-7-6-8-19(14-18)25-3/h6-12,14-15H,5,13,16H2,1-4H3/b12-10+. The number of carbonyl (C=O) groups excluding carboxylic acids is 1. The molecule has 1 amide bonds. The number of amides is 1. The van der Waals surface area contributed by atoms with E-state index in [-0.39, 0.29) is 5.91 Å². The van der Waals surface area contributed by atoms with Crippen LogP contribution in [-0.4, -0.2) is 38.7 Å². The summed E-state index contributed by atoms with van der Waals surface area (Å²) in [6.45, 7) is 3.20. The summed E-state index contributed by atoms with van der Waals surface area (Å²) in [6, 6.07) is 13.3. The molecule has 0 aliphatic carbocycles. The van der Waals surface area contributed by atoms with Crippen LogP contribution in [0.15, 0.2) is 48.5 Å². The number of likely N-dealkylation sites (N-methyl/N-ethyl adjacent to an activating group) is 1. The Kier molecular flexibility index (Phi) is 7.74. The molecule has 0 atom stereocenters. The summed E-state index contributed by atoms with van der Waals surface area (Å²) in [5, 5.41) is 0. The third-order valence-corrected chi connectivity index (χ3v) is 4.00. The van der Waals surface area contributed by atoms with E-state index >= 15 is 0 Å². The zero-order chi connectivity index (χ0) is 19.6. The highest BCUT2D eigenvalue weighted by molar-refractivity contribution is 5.91. The van der Waals surface area contributed by atoms with Crippen LogP contribution in [0.2, 0.25) is 0 Å². The molecule has 0 aliphatic rings. The molecule has 0 bridgehead atoms. The van der Waals surface area contributed by atoms with E-state index in [1.54, 1.807) is 38.3 Å². The molecule has 0 unspecified atom stereocenters. The van der Waals surface area contributed by atoms with Crippen LogP contribution >= 0.6 is 0 Å². The number of hydrogen-bond acceptors (Lipinski definition) is 4. The fourth-order valence-corrected chi connectivity index (χ4v) is 2.54. The lowest BCUT2D eigenvalue weighted by molar-refractivity contribution is -0.125. The Morgan fingerprint density at radius 2 is 1.89 bits per heavy atom. The molecule has 144 valence electrons. The molecular weight excluding hydrogens is 342 g/mol. The Bertz CT molecular complexity index is 786. The van der Waals surface area contributed by atoms with Crippen LogP contribution < -0.4 is 14.2 Å². The van der Waals surface area contributed by atoms with Crippen molar-refractivity contribution >= 4 is 12.0 Å². The average Bonchev–Trinajstić information content (AvgIpc) is 2.70. The van der Waals surface area contributed by atoms with Gasteiger partial charge in [0.1, 0.15) is 5.75 Å².